The maximum absolute atomic E-state index is 14.7. The van der Waals surface area contributed by atoms with E-state index in [4.69, 9.17) is 10.5 Å². The van der Waals surface area contributed by atoms with Crippen LogP contribution in [0.3, 0.4) is 0 Å². The molecule has 210 valence electrons. The number of piperidine rings is 1. The van der Waals surface area contributed by atoms with Gasteiger partial charge in [0.2, 0.25) is 5.95 Å². The summed E-state index contributed by atoms with van der Waals surface area (Å²) in [6, 6.07) is 16.3. The molecular formula is C31H37FN6O2. The molecule has 0 bridgehead atoms. The van der Waals surface area contributed by atoms with Crippen molar-refractivity contribution >= 4 is 11.6 Å². The molecule has 40 heavy (non-hydrogen) atoms. The van der Waals surface area contributed by atoms with Gasteiger partial charge in [-0.2, -0.15) is 9.65 Å². The minimum Gasteiger partial charge on any atom is -0.497 e. The van der Waals surface area contributed by atoms with E-state index in [0.717, 1.165) is 49.5 Å². The lowest BCUT2D eigenvalue weighted by Crippen LogP contribution is -2.47. The van der Waals surface area contributed by atoms with Crippen molar-refractivity contribution in [2.45, 2.75) is 65.1 Å². The summed E-state index contributed by atoms with van der Waals surface area (Å²) in [4.78, 5) is 25.2. The molecule has 1 atom stereocenters. The number of carbonyl (C=O) groups is 1. The molecule has 2 aromatic heterocycles. The lowest BCUT2D eigenvalue weighted by molar-refractivity contribution is 0.0998. The SMILES string of the molecule is COc1ccc(N(Cc2cccc(C#N)n2)C2CCN([C@H](C)CCc3c(F)nc(C)c(C(N)=O)c3C)CC2)cc1. The fourth-order valence-electron chi connectivity index (χ4n) is 5.68. The Bertz CT molecular complexity index is 1380. The van der Waals surface area contributed by atoms with Crippen LogP contribution in [0.1, 0.15) is 64.8 Å². The fourth-order valence-corrected chi connectivity index (χ4v) is 5.68. The highest BCUT2D eigenvalue weighted by molar-refractivity contribution is 5.95. The number of nitriles is 1. The van der Waals surface area contributed by atoms with E-state index in [2.05, 4.69) is 44.9 Å². The maximum Gasteiger partial charge on any atom is 0.250 e. The molecule has 1 amide bonds. The van der Waals surface area contributed by atoms with Crippen molar-refractivity contribution in [2.75, 3.05) is 25.1 Å². The van der Waals surface area contributed by atoms with Gasteiger partial charge < -0.3 is 20.3 Å². The van der Waals surface area contributed by atoms with Crippen LogP contribution >= 0.6 is 0 Å². The van der Waals surface area contributed by atoms with E-state index in [1.165, 1.54) is 0 Å². The van der Waals surface area contributed by atoms with Gasteiger partial charge in [0, 0.05) is 36.4 Å². The van der Waals surface area contributed by atoms with E-state index in [0.29, 0.717) is 47.1 Å². The van der Waals surface area contributed by atoms with E-state index in [-0.39, 0.29) is 6.04 Å². The number of primary amides is 1. The van der Waals surface area contributed by atoms with Crippen LogP contribution in [0, 0.1) is 31.1 Å². The van der Waals surface area contributed by atoms with Crippen LogP contribution in [-0.4, -0.2) is 53.1 Å². The number of carbonyl (C=O) groups excluding carboxylic acids is 1. The molecule has 8 nitrogen and oxygen atoms in total. The highest BCUT2D eigenvalue weighted by Gasteiger charge is 2.28. The topological polar surface area (TPSA) is 108 Å². The van der Waals surface area contributed by atoms with Crippen molar-refractivity contribution in [1.82, 2.24) is 14.9 Å². The van der Waals surface area contributed by atoms with Crippen molar-refractivity contribution in [3.63, 3.8) is 0 Å². The second kappa shape index (κ2) is 12.9. The predicted molar refractivity (Wildman–Crippen MR) is 153 cm³/mol. The van der Waals surface area contributed by atoms with Crippen LogP contribution in [0.15, 0.2) is 42.5 Å². The number of amides is 1. The van der Waals surface area contributed by atoms with Crippen LogP contribution in [0.4, 0.5) is 10.1 Å². The van der Waals surface area contributed by atoms with Crippen molar-refractivity contribution < 1.29 is 13.9 Å². The van der Waals surface area contributed by atoms with Crippen LogP contribution in [0.5, 0.6) is 5.75 Å². The summed E-state index contributed by atoms with van der Waals surface area (Å²) in [6.07, 6.45) is 3.16. The van der Waals surface area contributed by atoms with Crippen LogP contribution in [-0.2, 0) is 13.0 Å². The average molecular weight is 545 g/mol. The first kappa shape index (κ1) is 29.0. The summed E-state index contributed by atoms with van der Waals surface area (Å²) in [7, 11) is 1.66. The van der Waals surface area contributed by atoms with Gasteiger partial charge in [-0.25, -0.2) is 9.97 Å². The average Bonchev–Trinajstić information content (AvgIpc) is 2.95. The van der Waals surface area contributed by atoms with Crippen molar-refractivity contribution in [3.05, 3.63) is 82.2 Å². The van der Waals surface area contributed by atoms with Gasteiger partial charge in [0.25, 0.3) is 5.91 Å². The molecule has 4 rings (SSSR count). The minimum absolute atomic E-state index is 0.237. The molecular weight excluding hydrogens is 507 g/mol. The van der Waals surface area contributed by atoms with Crippen molar-refractivity contribution in [2.24, 2.45) is 5.73 Å². The molecule has 0 spiro atoms. The molecule has 1 aliphatic heterocycles. The number of likely N-dealkylation sites (tertiary alicyclic amines) is 1. The van der Waals surface area contributed by atoms with E-state index in [1.54, 1.807) is 27.0 Å². The molecule has 3 heterocycles. The molecule has 9 heteroatoms. The molecule has 0 radical (unpaired) electrons. The Morgan fingerprint density at radius 2 is 1.90 bits per heavy atom. The molecule has 1 aromatic carbocycles. The highest BCUT2D eigenvalue weighted by atomic mass is 19.1. The lowest BCUT2D eigenvalue weighted by Gasteiger charge is -2.42. The van der Waals surface area contributed by atoms with Gasteiger partial charge in [-0.15, -0.1) is 0 Å². The molecule has 1 fully saturated rings. The maximum atomic E-state index is 14.7. The summed E-state index contributed by atoms with van der Waals surface area (Å²) >= 11 is 0. The normalized spacial score (nSPS) is 14.9. The summed E-state index contributed by atoms with van der Waals surface area (Å²) in [5.74, 6) is -0.291. The van der Waals surface area contributed by atoms with Crippen LogP contribution in [0.25, 0.3) is 0 Å². The van der Waals surface area contributed by atoms with Gasteiger partial charge in [0.1, 0.15) is 17.5 Å². The Hall–Kier alpha value is -4.03. The molecule has 2 N–H and O–H groups in total. The zero-order valence-electron chi connectivity index (χ0n) is 23.7. The fraction of sp³-hybridized carbons (Fsp3) is 0.419. The zero-order valence-corrected chi connectivity index (χ0v) is 23.7. The first-order chi connectivity index (χ1) is 19.2. The van der Waals surface area contributed by atoms with Gasteiger partial charge in [0.15, 0.2) is 0 Å². The number of halogens is 1. The summed E-state index contributed by atoms with van der Waals surface area (Å²) in [6.45, 7) is 7.94. The van der Waals surface area contributed by atoms with E-state index >= 15 is 0 Å². The van der Waals surface area contributed by atoms with Crippen LogP contribution < -0.4 is 15.4 Å². The van der Waals surface area contributed by atoms with E-state index in [1.807, 2.05) is 24.3 Å². The monoisotopic (exact) mass is 544 g/mol. The smallest absolute Gasteiger partial charge is 0.250 e. The van der Waals surface area contributed by atoms with Crippen LogP contribution in [0.2, 0.25) is 0 Å². The molecule has 3 aromatic rings. The number of nitrogens with two attached hydrogens (primary N) is 1. The van der Waals surface area contributed by atoms with Gasteiger partial charge in [-0.1, -0.05) is 6.07 Å². The number of aryl methyl sites for hydroxylation is 1. The third-order valence-electron chi connectivity index (χ3n) is 7.98. The largest absolute Gasteiger partial charge is 0.497 e. The third-order valence-corrected chi connectivity index (χ3v) is 7.98. The Morgan fingerprint density at radius 1 is 1.20 bits per heavy atom. The van der Waals surface area contributed by atoms with E-state index in [9.17, 15) is 14.4 Å². The number of aromatic nitrogens is 2. The number of anilines is 1. The van der Waals surface area contributed by atoms with Gasteiger partial charge >= 0.3 is 0 Å². The predicted octanol–water partition coefficient (Wildman–Crippen LogP) is 4.70. The van der Waals surface area contributed by atoms with Gasteiger partial charge in [-0.05, 0) is 88.4 Å². The summed E-state index contributed by atoms with van der Waals surface area (Å²) in [5, 5.41) is 9.31. The highest BCUT2D eigenvalue weighted by Crippen LogP contribution is 2.29. The second-order valence-electron chi connectivity index (χ2n) is 10.4. The number of hydrogen-bond donors (Lipinski definition) is 1. The molecule has 1 saturated heterocycles. The number of ether oxygens (including phenoxy) is 1. The Morgan fingerprint density at radius 3 is 2.52 bits per heavy atom. The Balaban J connectivity index is 1.44. The summed E-state index contributed by atoms with van der Waals surface area (Å²) < 4.78 is 20.1. The van der Waals surface area contributed by atoms with E-state index < -0.39 is 11.9 Å². The van der Waals surface area contributed by atoms with Gasteiger partial charge in [0.05, 0.1) is 30.6 Å². The summed E-state index contributed by atoms with van der Waals surface area (Å²) in [5.41, 5.74) is 9.58. The van der Waals surface area contributed by atoms with Gasteiger partial charge in [-0.3, -0.25) is 4.79 Å². The second-order valence-corrected chi connectivity index (χ2v) is 10.4. The quantitative estimate of drug-likeness (QED) is 0.369. The molecule has 1 aliphatic rings. The molecule has 0 aliphatic carbocycles. The minimum atomic E-state index is -0.574. The Kier molecular flexibility index (Phi) is 9.33. The van der Waals surface area contributed by atoms with Crippen molar-refractivity contribution in [3.8, 4) is 11.8 Å². The number of methoxy groups -OCH3 is 1. The number of benzene rings is 1. The standard InChI is InChI=1S/C31H37FN6O2/c1-20(8-13-28-21(2)29(31(34)39)22(3)35-30(28)32)37-16-14-26(15-17-37)38(25-9-11-27(40-4)12-10-25)19-24-7-5-6-23(18-33)36-24/h5-7,9-12,20,26H,8,13-17,19H2,1-4H3,(H2,34,39)/t20-/m1/s1. The number of rotatable bonds is 10. The third kappa shape index (κ3) is 6.57. The molecule has 0 saturated carbocycles. The number of nitrogens with zero attached hydrogens (tertiary/aromatic N) is 5. The number of hydrogen-bond acceptors (Lipinski definition) is 7. The lowest BCUT2D eigenvalue weighted by atomic mass is 9.95. The van der Waals surface area contributed by atoms with Crippen molar-refractivity contribution in [1.29, 1.82) is 5.26 Å². The first-order valence-electron chi connectivity index (χ1n) is 13.7. The molecule has 0 unspecified atom stereocenters. The first-order valence-corrected chi connectivity index (χ1v) is 13.7. The number of pyridine rings is 2. The zero-order chi connectivity index (χ0) is 28.8. The Labute approximate surface area is 235 Å².